The first-order valence-electron chi connectivity index (χ1n) is 6.97. The second kappa shape index (κ2) is 6.39. The van der Waals surface area contributed by atoms with E-state index in [2.05, 4.69) is 25.7 Å². The summed E-state index contributed by atoms with van der Waals surface area (Å²) in [6.07, 6.45) is 4.20. The van der Waals surface area contributed by atoms with Gasteiger partial charge in [0.15, 0.2) is 0 Å². The molecule has 17 heavy (non-hydrogen) atoms. The molecule has 0 aromatic rings. The van der Waals surface area contributed by atoms with E-state index in [0.717, 1.165) is 32.2 Å². The predicted molar refractivity (Wildman–Crippen MR) is 71.6 cm³/mol. The second-order valence-electron chi connectivity index (χ2n) is 5.99. The lowest BCUT2D eigenvalue weighted by Crippen LogP contribution is -2.37. The number of amides is 1. The summed E-state index contributed by atoms with van der Waals surface area (Å²) in [5.41, 5.74) is 5.72. The molecule has 0 radical (unpaired) electrons. The van der Waals surface area contributed by atoms with E-state index in [-0.39, 0.29) is 12.0 Å². The van der Waals surface area contributed by atoms with E-state index in [1.807, 2.05) is 6.92 Å². The average molecular weight is 240 g/mol. The van der Waals surface area contributed by atoms with Crippen molar-refractivity contribution >= 4 is 5.91 Å². The monoisotopic (exact) mass is 240 g/mol. The van der Waals surface area contributed by atoms with E-state index < -0.39 is 0 Å². The van der Waals surface area contributed by atoms with Crippen LogP contribution >= 0.6 is 0 Å². The molecule has 0 bridgehead atoms. The number of rotatable bonds is 5. The van der Waals surface area contributed by atoms with Crippen LogP contribution in [0.25, 0.3) is 0 Å². The molecule has 100 valence electrons. The van der Waals surface area contributed by atoms with E-state index in [9.17, 15) is 4.79 Å². The van der Waals surface area contributed by atoms with Gasteiger partial charge in [0, 0.05) is 24.5 Å². The molecule has 0 saturated carbocycles. The van der Waals surface area contributed by atoms with Crippen molar-refractivity contribution < 1.29 is 4.79 Å². The lowest BCUT2D eigenvalue weighted by atomic mass is 10.0. The lowest BCUT2D eigenvalue weighted by molar-refractivity contribution is -0.135. The van der Waals surface area contributed by atoms with E-state index in [0.29, 0.717) is 17.9 Å². The van der Waals surface area contributed by atoms with E-state index in [1.165, 1.54) is 0 Å². The summed E-state index contributed by atoms with van der Waals surface area (Å²) in [5, 5.41) is 0. The molecule has 3 heteroatoms. The van der Waals surface area contributed by atoms with Crippen LogP contribution < -0.4 is 5.73 Å². The van der Waals surface area contributed by atoms with Gasteiger partial charge in [0.05, 0.1) is 0 Å². The molecular formula is C14H28N2O. The molecule has 2 N–H and O–H groups in total. The van der Waals surface area contributed by atoms with Crippen molar-refractivity contribution in [3.63, 3.8) is 0 Å². The maximum atomic E-state index is 12.3. The summed E-state index contributed by atoms with van der Waals surface area (Å²) in [5.74, 6) is 1.15. The van der Waals surface area contributed by atoms with Crippen LogP contribution in [-0.2, 0) is 4.79 Å². The van der Waals surface area contributed by atoms with Crippen LogP contribution in [0.3, 0.4) is 0 Å². The highest BCUT2D eigenvalue weighted by Crippen LogP contribution is 2.25. The zero-order valence-corrected chi connectivity index (χ0v) is 11.8. The van der Waals surface area contributed by atoms with Gasteiger partial charge in [0.1, 0.15) is 0 Å². The number of hydrogen-bond acceptors (Lipinski definition) is 2. The quantitative estimate of drug-likeness (QED) is 0.802. The lowest BCUT2D eigenvalue weighted by Gasteiger charge is -2.25. The highest BCUT2D eigenvalue weighted by molar-refractivity contribution is 5.79. The first kappa shape index (κ1) is 14.5. The summed E-state index contributed by atoms with van der Waals surface area (Å²) in [6, 6.07) is 0.677. The Labute approximate surface area is 106 Å². The van der Waals surface area contributed by atoms with Crippen molar-refractivity contribution in [3.8, 4) is 0 Å². The van der Waals surface area contributed by atoms with Crippen molar-refractivity contribution in [2.45, 2.75) is 65.5 Å². The zero-order chi connectivity index (χ0) is 13.0. The molecule has 0 aromatic heterocycles. The third-order valence-electron chi connectivity index (χ3n) is 3.79. The third-order valence-corrected chi connectivity index (χ3v) is 3.79. The topological polar surface area (TPSA) is 46.3 Å². The normalized spacial score (nSPS) is 28.2. The first-order chi connectivity index (χ1) is 7.91. The van der Waals surface area contributed by atoms with Crippen LogP contribution in [-0.4, -0.2) is 29.4 Å². The molecule has 1 aliphatic rings. The van der Waals surface area contributed by atoms with Crippen molar-refractivity contribution in [3.05, 3.63) is 0 Å². The Morgan fingerprint density at radius 2 is 2.00 bits per heavy atom. The fraction of sp³-hybridized carbons (Fsp3) is 0.929. The van der Waals surface area contributed by atoms with Gasteiger partial charge in [-0.15, -0.1) is 0 Å². The number of nitrogens with two attached hydrogens (primary N) is 1. The highest BCUT2D eigenvalue weighted by Gasteiger charge is 2.31. The van der Waals surface area contributed by atoms with Crippen LogP contribution in [0.2, 0.25) is 0 Å². The van der Waals surface area contributed by atoms with Crippen LogP contribution in [0, 0.1) is 11.8 Å². The minimum atomic E-state index is 0.154. The summed E-state index contributed by atoms with van der Waals surface area (Å²) in [6.45, 7) is 9.41. The number of carbonyl (C=O) groups is 1. The van der Waals surface area contributed by atoms with Gasteiger partial charge >= 0.3 is 0 Å². The van der Waals surface area contributed by atoms with Gasteiger partial charge in [-0.2, -0.15) is 0 Å². The van der Waals surface area contributed by atoms with Crippen molar-refractivity contribution in [1.29, 1.82) is 0 Å². The minimum absolute atomic E-state index is 0.154. The largest absolute Gasteiger partial charge is 0.339 e. The molecule has 1 fully saturated rings. The smallest absolute Gasteiger partial charge is 0.225 e. The van der Waals surface area contributed by atoms with Gasteiger partial charge in [0.2, 0.25) is 5.91 Å². The van der Waals surface area contributed by atoms with Crippen molar-refractivity contribution in [2.24, 2.45) is 17.6 Å². The maximum Gasteiger partial charge on any atom is 0.225 e. The van der Waals surface area contributed by atoms with Crippen LogP contribution in [0.15, 0.2) is 0 Å². The molecule has 1 aliphatic heterocycles. The molecule has 1 rings (SSSR count). The zero-order valence-electron chi connectivity index (χ0n) is 11.8. The Bertz CT molecular complexity index is 253. The maximum absolute atomic E-state index is 12.3. The summed E-state index contributed by atoms with van der Waals surface area (Å²) >= 11 is 0. The molecule has 1 saturated heterocycles. The Hall–Kier alpha value is -0.570. The van der Waals surface area contributed by atoms with Crippen molar-refractivity contribution in [1.82, 2.24) is 4.90 Å². The molecule has 4 unspecified atom stereocenters. The standard InChI is InChI=1S/C14H28N2O/c1-10-8-13(4)16(9-10)14(17)11(2)6-5-7-12(3)15/h10-13H,5-9,15H2,1-4H3. The minimum Gasteiger partial charge on any atom is -0.339 e. The molecule has 4 atom stereocenters. The van der Waals surface area contributed by atoms with Gasteiger partial charge in [-0.05, 0) is 39.0 Å². The molecular weight excluding hydrogens is 212 g/mol. The second-order valence-corrected chi connectivity index (χ2v) is 5.99. The number of nitrogens with zero attached hydrogens (tertiary/aromatic N) is 1. The third kappa shape index (κ3) is 4.30. The van der Waals surface area contributed by atoms with E-state index >= 15 is 0 Å². The number of likely N-dealkylation sites (tertiary alicyclic amines) is 1. The van der Waals surface area contributed by atoms with Gasteiger partial charge < -0.3 is 10.6 Å². The van der Waals surface area contributed by atoms with Gasteiger partial charge in [-0.1, -0.05) is 20.3 Å². The Kier molecular flexibility index (Phi) is 5.44. The van der Waals surface area contributed by atoms with Gasteiger partial charge in [-0.3, -0.25) is 4.79 Å². The Morgan fingerprint density at radius 1 is 1.35 bits per heavy atom. The molecule has 0 aromatic carbocycles. The summed E-state index contributed by atoms with van der Waals surface area (Å²) < 4.78 is 0. The Balaban J connectivity index is 2.36. The average Bonchev–Trinajstić information content (AvgIpc) is 2.56. The molecule has 1 amide bonds. The summed E-state index contributed by atoms with van der Waals surface area (Å²) in [4.78, 5) is 14.3. The van der Waals surface area contributed by atoms with Crippen LogP contribution in [0.5, 0.6) is 0 Å². The van der Waals surface area contributed by atoms with Gasteiger partial charge in [0.25, 0.3) is 0 Å². The van der Waals surface area contributed by atoms with Crippen LogP contribution in [0.1, 0.15) is 53.4 Å². The fourth-order valence-corrected chi connectivity index (χ4v) is 2.76. The molecule has 3 nitrogen and oxygen atoms in total. The van der Waals surface area contributed by atoms with Crippen LogP contribution in [0.4, 0.5) is 0 Å². The predicted octanol–water partition coefficient (Wildman–Crippen LogP) is 2.40. The number of carbonyl (C=O) groups excluding carboxylic acids is 1. The Morgan fingerprint density at radius 3 is 2.47 bits per heavy atom. The van der Waals surface area contributed by atoms with E-state index in [4.69, 9.17) is 5.73 Å². The van der Waals surface area contributed by atoms with Gasteiger partial charge in [-0.25, -0.2) is 0 Å². The molecule has 1 heterocycles. The summed E-state index contributed by atoms with van der Waals surface area (Å²) in [7, 11) is 0. The first-order valence-corrected chi connectivity index (χ1v) is 6.97. The SMILES string of the molecule is CC(N)CCCC(C)C(=O)N1CC(C)CC1C. The number of hydrogen-bond donors (Lipinski definition) is 1. The van der Waals surface area contributed by atoms with E-state index in [1.54, 1.807) is 0 Å². The highest BCUT2D eigenvalue weighted by atomic mass is 16.2. The van der Waals surface area contributed by atoms with Crippen molar-refractivity contribution in [2.75, 3.05) is 6.54 Å². The molecule has 0 aliphatic carbocycles. The molecule has 0 spiro atoms. The fourth-order valence-electron chi connectivity index (χ4n) is 2.76.